The minimum Gasteiger partial charge on any atom is -0.361 e. The lowest BCUT2D eigenvalue weighted by atomic mass is 10.0. The smallest absolute Gasteiger partial charge is 0.166 e. The summed E-state index contributed by atoms with van der Waals surface area (Å²) in [4.78, 5) is 1.15. The third-order valence-corrected chi connectivity index (χ3v) is 4.09. The average Bonchev–Trinajstić information content (AvgIpc) is 2.28. The van der Waals surface area contributed by atoms with Gasteiger partial charge in [0, 0.05) is 16.7 Å². The highest BCUT2D eigenvalue weighted by atomic mass is 32.2. The quantitative estimate of drug-likeness (QED) is 0.814. The van der Waals surface area contributed by atoms with Crippen molar-refractivity contribution in [2.24, 2.45) is 0 Å². The van der Waals surface area contributed by atoms with Crippen molar-refractivity contribution in [2.75, 3.05) is 5.75 Å². The van der Waals surface area contributed by atoms with E-state index in [0.29, 0.717) is 11.2 Å². The van der Waals surface area contributed by atoms with Crippen LogP contribution in [0.2, 0.25) is 0 Å². The molecule has 1 heterocycles. The van der Waals surface area contributed by atoms with Gasteiger partial charge in [-0.1, -0.05) is 0 Å². The molecule has 2 nitrogen and oxygen atoms in total. The first kappa shape index (κ1) is 13.6. The van der Waals surface area contributed by atoms with Gasteiger partial charge in [0.05, 0.1) is 6.04 Å². The maximum Gasteiger partial charge on any atom is 0.166 e. The number of thiocarbonyl (C=S) groups is 1. The molecule has 0 saturated heterocycles. The molecule has 0 spiro atoms. The fourth-order valence-corrected chi connectivity index (χ4v) is 3.46. The van der Waals surface area contributed by atoms with Crippen molar-refractivity contribution in [3.8, 4) is 0 Å². The molecule has 0 aromatic heterocycles. The second-order valence-electron chi connectivity index (χ2n) is 4.64. The molecule has 2 N–H and O–H groups in total. The predicted octanol–water partition coefficient (Wildman–Crippen LogP) is 3.24. The summed E-state index contributed by atoms with van der Waals surface area (Å²) >= 11 is 7.02. The van der Waals surface area contributed by atoms with Crippen LogP contribution in [-0.2, 0) is 0 Å². The third-order valence-electron chi connectivity index (χ3n) is 2.74. The zero-order valence-electron chi connectivity index (χ0n) is 10.5. The summed E-state index contributed by atoms with van der Waals surface area (Å²) in [6.07, 6.45) is 0.959. The van der Waals surface area contributed by atoms with Crippen molar-refractivity contribution in [1.29, 1.82) is 0 Å². The van der Waals surface area contributed by atoms with Gasteiger partial charge in [-0.2, -0.15) is 0 Å². The van der Waals surface area contributed by atoms with Crippen molar-refractivity contribution >= 4 is 29.1 Å². The molecule has 98 valence electrons. The number of nitrogens with one attached hydrogen (secondary N) is 2. The van der Waals surface area contributed by atoms with Crippen molar-refractivity contribution in [3.63, 3.8) is 0 Å². The van der Waals surface area contributed by atoms with E-state index in [0.717, 1.165) is 22.6 Å². The fourth-order valence-electron chi connectivity index (χ4n) is 1.98. The van der Waals surface area contributed by atoms with E-state index in [1.165, 1.54) is 6.07 Å². The van der Waals surface area contributed by atoms with Crippen molar-refractivity contribution in [2.45, 2.75) is 37.2 Å². The summed E-state index contributed by atoms with van der Waals surface area (Å²) < 4.78 is 13.3. The molecular weight excluding hydrogens is 267 g/mol. The fraction of sp³-hybridized carbons (Fsp3) is 0.462. The molecule has 18 heavy (non-hydrogen) atoms. The van der Waals surface area contributed by atoms with E-state index in [4.69, 9.17) is 12.2 Å². The molecule has 0 aliphatic carbocycles. The normalized spacial score (nSPS) is 18.3. The summed E-state index contributed by atoms with van der Waals surface area (Å²) in [5.41, 5.74) is 1.01. The zero-order chi connectivity index (χ0) is 13.1. The van der Waals surface area contributed by atoms with Crippen LogP contribution in [-0.4, -0.2) is 16.9 Å². The van der Waals surface area contributed by atoms with Gasteiger partial charge >= 0.3 is 0 Å². The Balaban J connectivity index is 2.12. The molecule has 5 heteroatoms. The van der Waals surface area contributed by atoms with Crippen LogP contribution in [0.25, 0.3) is 0 Å². The van der Waals surface area contributed by atoms with Gasteiger partial charge in [-0.15, -0.1) is 11.8 Å². The Bertz CT molecular complexity index is 449. The number of halogens is 1. The van der Waals surface area contributed by atoms with E-state index in [2.05, 4.69) is 10.6 Å². The summed E-state index contributed by atoms with van der Waals surface area (Å²) in [7, 11) is 0. The summed E-state index contributed by atoms with van der Waals surface area (Å²) in [5.74, 6) is 0.839. The highest BCUT2D eigenvalue weighted by molar-refractivity contribution is 7.99. The molecule has 0 radical (unpaired) electrons. The number of fused-ring (bicyclic) bond motifs is 1. The van der Waals surface area contributed by atoms with Crippen molar-refractivity contribution in [1.82, 2.24) is 10.6 Å². The Labute approximate surface area is 117 Å². The van der Waals surface area contributed by atoms with E-state index in [1.54, 1.807) is 17.8 Å². The van der Waals surface area contributed by atoms with Gasteiger partial charge in [-0.25, -0.2) is 4.39 Å². The zero-order valence-corrected chi connectivity index (χ0v) is 12.1. The maximum absolute atomic E-state index is 13.3. The first-order valence-corrected chi connectivity index (χ1v) is 7.45. The second-order valence-corrected chi connectivity index (χ2v) is 6.19. The highest BCUT2D eigenvalue weighted by Crippen LogP contribution is 2.36. The Hall–Kier alpha value is -0.810. The highest BCUT2D eigenvalue weighted by Gasteiger charge is 2.21. The molecule has 1 aromatic rings. The van der Waals surface area contributed by atoms with E-state index >= 15 is 0 Å². The molecule has 1 aromatic carbocycles. The number of hydrogen-bond acceptors (Lipinski definition) is 2. The van der Waals surface area contributed by atoms with Gasteiger partial charge < -0.3 is 10.6 Å². The van der Waals surface area contributed by atoms with Crippen LogP contribution in [0.15, 0.2) is 23.1 Å². The molecule has 0 amide bonds. The lowest BCUT2D eigenvalue weighted by Gasteiger charge is -2.27. The van der Waals surface area contributed by atoms with E-state index in [1.807, 2.05) is 19.9 Å². The van der Waals surface area contributed by atoms with Crippen molar-refractivity contribution < 1.29 is 4.39 Å². The predicted molar refractivity (Wildman–Crippen MR) is 78.5 cm³/mol. The standard InChI is InChI=1S/C13H17FN2S2/c1-8(2)15-13(17)16-11-5-6-18-12-4-3-9(14)7-10(11)12/h3-4,7-8,11H,5-6H2,1-2H3,(H2,15,16,17)/t11-/m0/s1. The van der Waals surface area contributed by atoms with Gasteiger partial charge in [0.25, 0.3) is 0 Å². The molecule has 1 aliphatic rings. The Morgan fingerprint density at radius 1 is 1.50 bits per heavy atom. The van der Waals surface area contributed by atoms with Crippen molar-refractivity contribution in [3.05, 3.63) is 29.6 Å². The molecule has 0 unspecified atom stereocenters. The van der Waals surface area contributed by atoms with Crippen LogP contribution in [0.4, 0.5) is 4.39 Å². The Morgan fingerprint density at radius 3 is 3.00 bits per heavy atom. The van der Waals surface area contributed by atoms with Gasteiger partial charge in [0.2, 0.25) is 0 Å². The van der Waals surface area contributed by atoms with Crippen LogP contribution in [0.3, 0.4) is 0 Å². The molecule has 0 bridgehead atoms. The minimum atomic E-state index is -0.189. The number of benzene rings is 1. The van der Waals surface area contributed by atoms with Gasteiger partial charge in [-0.3, -0.25) is 0 Å². The lowest BCUT2D eigenvalue weighted by Crippen LogP contribution is -2.41. The summed E-state index contributed by atoms with van der Waals surface area (Å²) in [5, 5.41) is 7.07. The molecule has 2 rings (SSSR count). The Kier molecular flexibility index (Phi) is 4.45. The van der Waals surface area contributed by atoms with Crippen LogP contribution in [0.5, 0.6) is 0 Å². The van der Waals surface area contributed by atoms with Crippen LogP contribution in [0.1, 0.15) is 31.9 Å². The van der Waals surface area contributed by atoms with Gasteiger partial charge in [0.1, 0.15) is 5.82 Å². The lowest BCUT2D eigenvalue weighted by molar-refractivity contribution is 0.575. The van der Waals surface area contributed by atoms with E-state index in [9.17, 15) is 4.39 Å². The third kappa shape index (κ3) is 3.36. The largest absolute Gasteiger partial charge is 0.361 e. The maximum atomic E-state index is 13.3. The number of rotatable bonds is 2. The molecule has 0 fully saturated rings. The molecule has 0 saturated carbocycles. The van der Waals surface area contributed by atoms with Crippen LogP contribution < -0.4 is 10.6 Å². The van der Waals surface area contributed by atoms with Crippen LogP contribution in [0, 0.1) is 5.82 Å². The topological polar surface area (TPSA) is 24.1 Å². The number of hydrogen-bond donors (Lipinski definition) is 2. The monoisotopic (exact) mass is 284 g/mol. The second kappa shape index (κ2) is 5.89. The molecule has 1 atom stereocenters. The Morgan fingerprint density at radius 2 is 2.28 bits per heavy atom. The first-order chi connectivity index (χ1) is 8.56. The van der Waals surface area contributed by atoms with E-state index < -0.39 is 0 Å². The SMILES string of the molecule is CC(C)NC(=S)N[C@H]1CCSc2ccc(F)cc21. The van der Waals surface area contributed by atoms with Gasteiger partial charge in [-0.05, 0) is 56.2 Å². The summed E-state index contributed by atoms with van der Waals surface area (Å²) in [6, 6.07) is 5.38. The molecule has 1 aliphatic heterocycles. The van der Waals surface area contributed by atoms with Crippen LogP contribution >= 0.6 is 24.0 Å². The first-order valence-electron chi connectivity index (χ1n) is 6.05. The average molecular weight is 284 g/mol. The number of thioether (sulfide) groups is 1. The molecular formula is C13H17FN2S2. The van der Waals surface area contributed by atoms with E-state index in [-0.39, 0.29) is 11.9 Å². The summed E-state index contributed by atoms with van der Waals surface area (Å²) in [6.45, 7) is 4.08. The minimum absolute atomic E-state index is 0.107. The van der Waals surface area contributed by atoms with Gasteiger partial charge in [0.15, 0.2) is 5.11 Å².